The fourth-order valence-electron chi connectivity index (χ4n) is 2.88. The molecule has 0 saturated heterocycles. The van der Waals surface area contributed by atoms with E-state index in [1.165, 1.54) is 19.1 Å². The number of aromatic nitrogens is 2. The number of amides is 1. The molecule has 3 rings (SSSR count). The summed E-state index contributed by atoms with van der Waals surface area (Å²) in [5.41, 5.74) is 0.791. The van der Waals surface area contributed by atoms with E-state index in [-0.39, 0.29) is 0 Å². The Bertz CT molecular complexity index is 1100. The van der Waals surface area contributed by atoms with Crippen molar-refractivity contribution in [3.05, 3.63) is 84.2 Å². The Labute approximate surface area is 168 Å². The van der Waals surface area contributed by atoms with Crippen LogP contribution >= 0.6 is 0 Å². The van der Waals surface area contributed by atoms with Gasteiger partial charge in [-0.2, -0.15) is 4.72 Å². The van der Waals surface area contributed by atoms with Crippen LogP contribution < -0.4 is 10.0 Å². The summed E-state index contributed by atoms with van der Waals surface area (Å²) in [5.74, 6) is -0.863. The average molecular weight is 416 g/mol. The number of halogens is 1. The summed E-state index contributed by atoms with van der Waals surface area (Å²) >= 11 is 0. The minimum absolute atomic E-state index is 0.511. The molecular weight excluding hydrogens is 395 g/mol. The lowest BCUT2D eigenvalue weighted by Gasteiger charge is -2.22. The Morgan fingerprint density at radius 1 is 1.10 bits per heavy atom. The summed E-state index contributed by atoms with van der Waals surface area (Å²) in [4.78, 5) is 16.5. The van der Waals surface area contributed by atoms with E-state index < -0.39 is 38.7 Å². The number of imidazole rings is 1. The number of hydrogen-bond acceptors (Lipinski definition) is 4. The van der Waals surface area contributed by atoms with E-state index >= 15 is 0 Å². The fraction of sp³-hybridized carbons (Fsp3) is 0.200. The predicted octanol–water partition coefficient (Wildman–Crippen LogP) is 2.13. The summed E-state index contributed by atoms with van der Waals surface area (Å²) in [7, 11) is -2.40. The number of aryl methyl sites for hydroxylation is 1. The number of rotatable bonds is 7. The molecule has 1 aromatic heterocycles. The van der Waals surface area contributed by atoms with Crippen LogP contribution in [0.1, 0.15) is 24.4 Å². The number of benzene rings is 2. The molecule has 9 heteroatoms. The summed E-state index contributed by atoms with van der Waals surface area (Å²) in [6.07, 6.45) is 3.36. The molecule has 152 valence electrons. The van der Waals surface area contributed by atoms with E-state index in [4.69, 9.17) is 0 Å². The molecule has 0 radical (unpaired) electrons. The zero-order valence-corrected chi connectivity index (χ0v) is 16.7. The highest BCUT2D eigenvalue weighted by molar-refractivity contribution is 7.89. The molecule has 7 nitrogen and oxygen atoms in total. The molecule has 0 fully saturated rings. The summed E-state index contributed by atoms with van der Waals surface area (Å²) in [6, 6.07) is 12.5. The Morgan fingerprint density at radius 2 is 1.76 bits per heavy atom. The van der Waals surface area contributed by atoms with Gasteiger partial charge in [-0.1, -0.05) is 42.5 Å². The third kappa shape index (κ3) is 4.69. The Hall–Kier alpha value is -3.04. The topological polar surface area (TPSA) is 93.1 Å². The number of nitrogens with one attached hydrogen (secondary N) is 2. The Kier molecular flexibility index (Phi) is 6.09. The molecule has 2 aromatic carbocycles. The SMILES string of the molecule is C[C@@H](NS(=O)(=O)c1ccccc1F)C(=O)N[C@@H](c1ccccc1)c1nccn1C. The van der Waals surface area contributed by atoms with Crippen molar-refractivity contribution in [1.29, 1.82) is 0 Å². The second-order valence-electron chi connectivity index (χ2n) is 6.52. The van der Waals surface area contributed by atoms with Gasteiger partial charge in [-0.25, -0.2) is 17.8 Å². The van der Waals surface area contributed by atoms with Gasteiger partial charge >= 0.3 is 0 Å². The highest BCUT2D eigenvalue weighted by Gasteiger charge is 2.27. The van der Waals surface area contributed by atoms with Gasteiger partial charge < -0.3 is 9.88 Å². The first-order valence-corrected chi connectivity index (χ1v) is 10.4. The van der Waals surface area contributed by atoms with E-state index in [0.29, 0.717) is 5.82 Å². The standard InChI is InChI=1S/C20H21FN4O3S/c1-14(24-29(27,28)17-11-7-6-10-16(17)21)20(26)23-18(15-8-4-3-5-9-15)19-22-12-13-25(19)2/h3-14,18,24H,1-2H3,(H,23,26)/t14-,18+/m1/s1. The molecule has 3 aromatic rings. The van der Waals surface area contributed by atoms with Crippen molar-refractivity contribution in [3.8, 4) is 0 Å². The summed E-state index contributed by atoms with van der Waals surface area (Å²) in [6.45, 7) is 1.40. The van der Waals surface area contributed by atoms with Crippen LogP contribution in [0.25, 0.3) is 0 Å². The van der Waals surface area contributed by atoms with E-state index in [0.717, 1.165) is 17.7 Å². The Balaban J connectivity index is 1.81. The van der Waals surface area contributed by atoms with Crippen LogP contribution in [0.3, 0.4) is 0 Å². The van der Waals surface area contributed by atoms with Gasteiger partial charge in [0.2, 0.25) is 15.9 Å². The summed E-state index contributed by atoms with van der Waals surface area (Å²) in [5, 5.41) is 2.82. The molecule has 1 heterocycles. The lowest BCUT2D eigenvalue weighted by molar-refractivity contribution is -0.122. The number of sulfonamides is 1. The zero-order valence-electron chi connectivity index (χ0n) is 15.9. The first-order chi connectivity index (χ1) is 13.8. The molecule has 0 aliphatic heterocycles. The minimum atomic E-state index is -4.20. The van der Waals surface area contributed by atoms with Crippen LogP contribution in [0.2, 0.25) is 0 Å². The van der Waals surface area contributed by atoms with Crippen LogP contribution in [-0.4, -0.2) is 29.9 Å². The average Bonchev–Trinajstić information content (AvgIpc) is 3.12. The van der Waals surface area contributed by atoms with E-state index in [1.807, 2.05) is 30.3 Å². The number of carbonyl (C=O) groups excluding carboxylic acids is 1. The molecule has 29 heavy (non-hydrogen) atoms. The van der Waals surface area contributed by atoms with Gasteiger partial charge in [0.15, 0.2) is 0 Å². The van der Waals surface area contributed by atoms with Gasteiger partial charge in [-0.05, 0) is 24.6 Å². The second-order valence-corrected chi connectivity index (χ2v) is 8.20. The number of nitrogens with zero attached hydrogens (tertiary/aromatic N) is 2. The molecule has 0 aliphatic rings. The molecule has 2 atom stereocenters. The molecule has 2 N–H and O–H groups in total. The molecule has 1 amide bonds. The smallest absolute Gasteiger partial charge is 0.244 e. The van der Waals surface area contributed by atoms with Crippen LogP contribution in [0.4, 0.5) is 4.39 Å². The van der Waals surface area contributed by atoms with Gasteiger partial charge in [0, 0.05) is 19.4 Å². The van der Waals surface area contributed by atoms with Crippen LogP contribution in [0.15, 0.2) is 71.9 Å². The fourth-order valence-corrected chi connectivity index (χ4v) is 4.16. The molecular formula is C20H21FN4O3S. The largest absolute Gasteiger partial charge is 0.341 e. The zero-order chi connectivity index (χ0) is 21.0. The highest BCUT2D eigenvalue weighted by Crippen LogP contribution is 2.20. The van der Waals surface area contributed by atoms with Crippen molar-refractivity contribution in [1.82, 2.24) is 19.6 Å². The maximum Gasteiger partial charge on any atom is 0.244 e. The first kappa shape index (κ1) is 20.7. The molecule has 0 unspecified atom stereocenters. The van der Waals surface area contributed by atoms with Crippen molar-refractivity contribution in [3.63, 3.8) is 0 Å². The van der Waals surface area contributed by atoms with Crippen LogP contribution in [0.5, 0.6) is 0 Å². The van der Waals surface area contributed by atoms with Crippen LogP contribution in [-0.2, 0) is 21.9 Å². The summed E-state index contributed by atoms with van der Waals surface area (Å²) < 4.78 is 42.8. The van der Waals surface area contributed by atoms with Gasteiger partial charge in [0.1, 0.15) is 22.6 Å². The predicted molar refractivity (Wildman–Crippen MR) is 106 cm³/mol. The monoisotopic (exact) mass is 416 g/mol. The maximum atomic E-state index is 13.9. The van der Waals surface area contributed by atoms with Gasteiger partial charge in [-0.15, -0.1) is 0 Å². The molecule has 0 bridgehead atoms. The Morgan fingerprint density at radius 3 is 2.38 bits per heavy atom. The van der Waals surface area contributed by atoms with E-state index in [2.05, 4.69) is 15.0 Å². The number of hydrogen-bond donors (Lipinski definition) is 2. The van der Waals surface area contributed by atoms with Gasteiger partial charge in [-0.3, -0.25) is 4.79 Å². The minimum Gasteiger partial charge on any atom is -0.341 e. The molecule has 0 saturated carbocycles. The second kappa shape index (κ2) is 8.54. The lowest BCUT2D eigenvalue weighted by Crippen LogP contribution is -2.46. The maximum absolute atomic E-state index is 13.9. The third-order valence-electron chi connectivity index (χ3n) is 4.39. The van der Waals surface area contributed by atoms with Gasteiger partial charge in [0.05, 0.1) is 6.04 Å². The highest BCUT2D eigenvalue weighted by atomic mass is 32.2. The van der Waals surface area contributed by atoms with Gasteiger partial charge in [0.25, 0.3) is 0 Å². The van der Waals surface area contributed by atoms with Crippen molar-refractivity contribution >= 4 is 15.9 Å². The molecule has 0 spiro atoms. The first-order valence-electron chi connectivity index (χ1n) is 8.89. The van der Waals surface area contributed by atoms with Crippen molar-refractivity contribution in [2.24, 2.45) is 7.05 Å². The number of carbonyl (C=O) groups is 1. The molecule has 0 aliphatic carbocycles. The van der Waals surface area contributed by atoms with Crippen LogP contribution in [0, 0.1) is 5.82 Å². The van der Waals surface area contributed by atoms with Crippen molar-refractivity contribution < 1.29 is 17.6 Å². The quantitative estimate of drug-likeness (QED) is 0.617. The normalized spacial score (nSPS) is 13.6. The van der Waals surface area contributed by atoms with Crippen molar-refractivity contribution in [2.75, 3.05) is 0 Å². The van der Waals surface area contributed by atoms with E-state index in [9.17, 15) is 17.6 Å². The van der Waals surface area contributed by atoms with Crippen molar-refractivity contribution in [2.45, 2.75) is 23.9 Å². The van der Waals surface area contributed by atoms with E-state index in [1.54, 1.807) is 24.0 Å². The lowest BCUT2D eigenvalue weighted by atomic mass is 10.1. The third-order valence-corrected chi connectivity index (χ3v) is 5.96.